The van der Waals surface area contributed by atoms with Crippen LogP contribution < -0.4 is 25.6 Å². The van der Waals surface area contributed by atoms with Crippen molar-refractivity contribution in [3.8, 4) is 5.75 Å². The van der Waals surface area contributed by atoms with Crippen LogP contribution >= 0.6 is 24.0 Å². The van der Waals surface area contributed by atoms with Gasteiger partial charge >= 0.3 is 0 Å². The molecule has 8 heteroatoms. The molecule has 28 heavy (non-hydrogen) atoms. The van der Waals surface area contributed by atoms with Gasteiger partial charge in [-0.1, -0.05) is 19.1 Å². The van der Waals surface area contributed by atoms with Crippen LogP contribution in [0.1, 0.15) is 33.1 Å². The van der Waals surface area contributed by atoms with Crippen LogP contribution in [0.15, 0.2) is 29.3 Å². The lowest BCUT2D eigenvalue weighted by molar-refractivity contribution is -0.121. The largest absolute Gasteiger partial charge is 0.495 e. The van der Waals surface area contributed by atoms with Crippen molar-refractivity contribution in [2.75, 3.05) is 38.7 Å². The lowest BCUT2D eigenvalue weighted by Crippen LogP contribution is -2.45. The van der Waals surface area contributed by atoms with Crippen LogP contribution in [-0.4, -0.2) is 57.7 Å². The summed E-state index contributed by atoms with van der Waals surface area (Å²) in [6.45, 7) is 6.48. The number of aliphatic imine (C=N–C) groups is 1. The predicted octanol–water partition coefficient (Wildman–Crippen LogP) is 2.36. The maximum atomic E-state index is 11.9. The summed E-state index contributed by atoms with van der Waals surface area (Å²) in [5.41, 5.74) is 1.12. The van der Waals surface area contributed by atoms with Crippen molar-refractivity contribution in [1.29, 1.82) is 0 Å². The van der Waals surface area contributed by atoms with Crippen LogP contribution in [0.2, 0.25) is 0 Å². The number of rotatable bonds is 8. The number of amides is 1. The van der Waals surface area contributed by atoms with Gasteiger partial charge in [-0.25, -0.2) is 0 Å². The number of ether oxygens (including phenoxy) is 1. The number of methoxy groups -OCH3 is 1. The van der Waals surface area contributed by atoms with E-state index in [-0.39, 0.29) is 35.9 Å². The Morgan fingerprint density at radius 2 is 2.14 bits per heavy atom. The molecule has 2 atom stereocenters. The normalized spacial score (nSPS) is 17.5. The lowest BCUT2D eigenvalue weighted by atomic mass is 10.2. The zero-order chi connectivity index (χ0) is 19.6. The fourth-order valence-electron chi connectivity index (χ4n) is 3.12. The molecule has 0 bridgehead atoms. The maximum Gasteiger partial charge on any atom is 0.221 e. The van der Waals surface area contributed by atoms with Gasteiger partial charge < -0.3 is 25.6 Å². The third-order valence-electron chi connectivity index (χ3n) is 4.84. The first-order valence-corrected chi connectivity index (χ1v) is 9.71. The average molecular weight is 503 g/mol. The third kappa shape index (κ3) is 7.37. The van der Waals surface area contributed by atoms with E-state index >= 15 is 0 Å². The molecule has 0 radical (unpaired) electrons. The molecule has 0 aliphatic carbocycles. The Labute approximate surface area is 185 Å². The minimum atomic E-state index is 0. The molecule has 1 aromatic rings. The molecule has 1 heterocycles. The lowest BCUT2D eigenvalue weighted by Gasteiger charge is -2.22. The summed E-state index contributed by atoms with van der Waals surface area (Å²) >= 11 is 0. The number of carbonyl (C=O) groups excluding carboxylic acids is 1. The van der Waals surface area contributed by atoms with E-state index in [0.29, 0.717) is 19.0 Å². The Bertz CT molecular complexity index is 641. The highest BCUT2D eigenvalue weighted by atomic mass is 127. The molecule has 1 aliphatic rings. The number of para-hydroxylation sites is 2. The van der Waals surface area contributed by atoms with Crippen LogP contribution in [0.4, 0.5) is 5.69 Å². The highest BCUT2D eigenvalue weighted by molar-refractivity contribution is 14.0. The number of benzene rings is 1. The van der Waals surface area contributed by atoms with E-state index in [9.17, 15) is 4.79 Å². The minimum Gasteiger partial charge on any atom is -0.495 e. The van der Waals surface area contributed by atoms with Crippen molar-refractivity contribution in [3.63, 3.8) is 0 Å². The summed E-state index contributed by atoms with van der Waals surface area (Å²) in [5.74, 6) is 1.70. The third-order valence-corrected chi connectivity index (χ3v) is 4.84. The van der Waals surface area contributed by atoms with Crippen LogP contribution in [0.25, 0.3) is 0 Å². The molecule has 0 aromatic heterocycles. The quantitative estimate of drug-likeness (QED) is 0.289. The molecular weight excluding hydrogens is 469 g/mol. The van der Waals surface area contributed by atoms with Gasteiger partial charge in [0.2, 0.25) is 5.91 Å². The Morgan fingerprint density at radius 3 is 2.82 bits per heavy atom. The number of nitrogens with one attached hydrogen (secondary N) is 3. The standard InChI is InChI=1S/C20H33N5O2.HI/c1-5-15(2)23-19(26)10-12-22-20(21-3)24-16-11-13-25(14-16)17-8-6-7-9-18(17)27-4;/h6-9,15-16H,5,10-14H2,1-4H3,(H,23,26)(H2,21,22,24);1H. The van der Waals surface area contributed by atoms with Crippen molar-refractivity contribution in [2.24, 2.45) is 4.99 Å². The van der Waals surface area contributed by atoms with Gasteiger partial charge in [0.15, 0.2) is 5.96 Å². The number of anilines is 1. The second kappa shape index (κ2) is 12.7. The summed E-state index contributed by atoms with van der Waals surface area (Å²) < 4.78 is 5.47. The molecule has 0 saturated carbocycles. The fraction of sp³-hybridized carbons (Fsp3) is 0.600. The number of hydrogen-bond acceptors (Lipinski definition) is 4. The summed E-state index contributed by atoms with van der Waals surface area (Å²) in [6, 6.07) is 8.61. The van der Waals surface area contributed by atoms with Crippen LogP contribution in [-0.2, 0) is 4.79 Å². The summed E-state index contributed by atoms with van der Waals surface area (Å²) in [5, 5.41) is 9.66. The molecule has 158 valence electrons. The second-order valence-electron chi connectivity index (χ2n) is 6.87. The zero-order valence-electron chi connectivity index (χ0n) is 17.3. The van der Waals surface area contributed by atoms with Crippen molar-refractivity contribution < 1.29 is 9.53 Å². The van der Waals surface area contributed by atoms with E-state index in [1.54, 1.807) is 14.2 Å². The molecular formula is C20H34IN5O2. The SMILES string of the molecule is CCC(C)NC(=O)CCNC(=NC)NC1CCN(c2ccccc2OC)C1.I. The van der Waals surface area contributed by atoms with Gasteiger partial charge in [-0.3, -0.25) is 9.79 Å². The Kier molecular flexibility index (Phi) is 11.0. The van der Waals surface area contributed by atoms with Gasteiger partial charge in [0.25, 0.3) is 0 Å². The molecule has 1 saturated heterocycles. The number of guanidine groups is 1. The van der Waals surface area contributed by atoms with Crippen molar-refractivity contribution in [1.82, 2.24) is 16.0 Å². The number of halogens is 1. The molecule has 7 nitrogen and oxygen atoms in total. The van der Waals surface area contributed by atoms with E-state index < -0.39 is 0 Å². The van der Waals surface area contributed by atoms with Crippen molar-refractivity contribution in [2.45, 2.75) is 45.2 Å². The highest BCUT2D eigenvalue weighted by Gasteiger charge is 2.25. The first-order chi connectivity index (χ1) is 13.1. The molecule has 0 spiro atoms. The number of hydrogen-bond donors (Lipinski definition) is 3. The molecule has 3 N–H and O–H groups in total. The Morgan fingerprint density at radius 1 is 1.39 bits per heavy atom. The molecule has 1 aliphatic heterocycles. The molecule has 2 unspecified atom stereocenters. The van der Waals surface area contributed by atoms with E-state index in [1.165, 1.54) is 0 Å². The molecule has 1 amide bonds. The second-order valence-corrected chi connectivity index (χ2v) is 6.87. The van der Waals surface area contributed by atoms with Crippen molar-refractivity contribution >= 4 is 41.5 Å². The van der Waals surface area contributed by atoms with E-state index in [0.717, 1.165) is 43.3 Å². The molecule has 1 aromatic carbocycles. The maximum absolute atomic E-state index is 11.9. The first kappa shape index (κ1) is 24.3. The van der Waals surface area contributed by atoms with E-state index in [4.69, 9.17) is 4.74 Å². The topological polar surface area (TPSA) is 78.0 Å². The van der Waals surface area contributed by atoms with Gasteiger partial charge in [0.05, 0.1) is 12.8 Å². The van der Waals surface area contributed by atoms with E-state index in [2.05, 4.69) is 38.8 Å². The first-order valence-electron chi connectivity index (χ1n) is 9.71. The van der Waals surface area contributed by atoms with Gasteiger partial charge in [-0.05, 0) is 31.9 Å². The average Bonchev–Trinajstić information content (AvgIpc) is 3.15. The van der Waals surface area contributed by atoms with Crippen LogP contribution in [0.5, 0.6) is 5.75 Å². The highest BCUT2D eigenvalue weighted by Crippen LogP contribution is 2.30. The van der Waals surface area contributed by atoms with Gasteiger partial charge in [-0.15, -0.1) is 24.0 Å². The summed E-state index contributed by atoms with van der Waals surface area (Å²) in [4.78, 5) is 18.5. The Hall–Kier alpha value is -1.71. The summed E-state index contributed by atoms with van der Waals surface area (Å²) in [7, 11) is 3.45. The molecule has 2 rings (SSSR count). The predicted molar refractivity (Wildman–Crippen MR) is 126 cm³/mol. The van der Waals surface area contributed by atoms with Crippen LogP contribution in [0.3, 0.4) is 0 Å². The Balaban J connectivity index is 0.00000392. The van der Waals surface area contributed by atoms with Gasteiger partial charge in [0, 0.05) is 45.2 Å². The monoisotopic (exact) mass is 503 g/mol. The minimum absolute atomic E-state index is 0. The van der Waals surface area contributed by atoms with Crippen LogP contribution in [0, 0.1) is 0 Å². The van der Waals surface area contributed by atoms with Gasteiger partial charge in [-0.2, -0.15) is 0 Å². The number of nitrogens with zero attached hydrogens (tertiary/aromatic N) is 2. The fourth-order valence-corrected chi connectivity index (χ4v) is 3.12. The molecule has 1 fully saturated rings. The summed E-state index contributed by atoms with van der Waals surface area (Å²) in [6.07, 6.45) is 2.39. The van der Waals surface area contributed by atoms with E-state index in [1.807, 2.05) is 25.1 Å². The van der Waals surface area contributed by atoms with Gasteiger partial charge in [0.1, 0.15) is 5.75 Å². The number of carbonyl (C=O) groups is 1. The smallest absolute Gasteiger partial charge is 0.221 e. The van der Waals surface area contributed by atoms with Crippen molar-refractivity contribution in [3.05, 3.63) is 24.3 Å². The zero-order valence-corrected chi connectivity index (χ0v) is 19.7.